The van der Waals surface area contributed by atoms with E-state index in [-0.39, 0.29) is 25.6 Å². The van der Waals surface area contributed by atoms with Crippen LogP contribution in [0.2, 0.25) is 0 Å². The Morgan fingerprint density at radius 3 is 1.32 bits per heavy atom. The third-order valence-electron chi connectivity index (χ3n) is 14.5. The highest BCUT2D eigenvalue weighted by atomic mass is 16.7. The zero-order valence-corrected chi connectivity index (χ0v) is 46.1. The van der Waals surface area contributed by atoms with E-state index in [0.717, 1.165) is 51.4 Å². The van der Waals surface area contributed by atoms with Gasteiger partial charge in [-0.3, -0.25) is 4.79 Å². The van der Waals surface area contributed by atoms with Gasteiger partial charge in [-0.1, -0.05) is 218 Å². The smallest absolute Gasteiger partial charge is 0.306 e. The summed E-state index contributed by atoms with van der Waals surface area (Å²) >= 11 is 0. The first-order chi connectivity index (χ1) is 35.6. The second-order valence-electron chi connectivity index (χ2n) is 21.2. The van der Waals surface area contributed by atoms with Crippen molar-refractivity contribution in [1.82, 2.24) is 0 Å². The number of carbonyl (C=O) groups is 1. The fraction of sp³-hybridized carbons (Fsp3) is 0.915. The molecule has 0 bridgehead atoms. The molecule has 2 aliphatic rings. The summed E-state index contributed by atoms with van der Waals surface area (Å²) < 4.78 is 34.4. The molecule has 73 heavy (non-hydrogen) atoms. The second-order valence-corrected chi connectivity index (χ2v) is 21.2. The Labute approximate surface area is 443 Å². The predicted molar refractivity (Wildman–Crippen MR) is 289 cm³/mol. The minimum atomic E-state index is -1.71. The highest BCUT2D eigenvalue weighted by molar-refractivity contribution is 5.69. The lowest BCUT2D eigenvalue weighted by Crippen LogP contribution is -2.61. The van der Waals surface area contributed by atoms with Gasteiger partial charge in [-0.05, 0) is 44.9 Å². The van der Waals surface area contributed by atoms with E-state index in [2.05, 4.69) is 38.2 Å². The van der Waals surface area contributed by atoms with E-state index in [9.17, 15) is 40.5 Å². The largest absolute Gasteiger partial charge is 0.457 e. The first kappa shape index (κ1) is 67.6. The molecule has 430 valence electrons. The van der Waals surface area contributed by atoms with Gasteiger partial charge in [0.25, 0.3) is 0 Å². The quantitative estimate of drug-likeness (QED) is 0.0172. The van der Waals surface area contributed by atoms with Crippen molar-refractivity contribution >= 4 is 5.97 Å². The van der Waals surface area contributed by atoms with Gasteiger partial charge >= 0.3 is 5.97 Å². The second kappa shape index (κ2) is 46.6. The van der Waals surface area contributed by atoms with Crippen LogP contribution in [0.15, 0.2) is 24.3 Å². The number of aliphatic hydroxyl groups excluding tert-OH is 7. The summed E-state index contributed by atoms with van der Waals surface area (Å²) in [6, 6.07) is 0. The molecule has 0 aromatic heterocycles. The summed E-state index contributed by atoms with van der Waals surface area (Å²) in [4.78, 5) is 13.1. The summed E-state index contributed by atoms with van der Waals surface area (Å²) in [5, 5.41) is 72.4. The van der Waals surface area contributed by atoms with Crippen LogP contribution in [-0.2, 0) is 33.2 Å². The highest BCUT2D eigenvalue weighted by Gasteiger charge is 2.47. The Balaban J connectivity index is 1.70. The Bertz CT molecular complexity index is 1300. The van der Waals surface area contributed by atoms with Crippen molar-refractivity contribution in [3.63, 3.8) is 0 Å². The number of hydrogen-bond acceptors (Lipinski definition) is 14. The Morgan fingerprint density at radius 2 is 0.849 bits per heavy atom. The van der Waals surface area contributed by atoms with E-state index < -0.39 is 80.7 Å². The fourth-order valence-corrected chi connectivity index (χ4v) is 9.61. The summed E-state index contributed by atoms with van der Waals surface area (Å²) in [6.07, 6.45) is 36.6. The molecule has 0 aliphatic carbocycles. The normalized spacial score (nSPS) is 25.1. The van der Waals surface area contributed by atoms with Crippen molar-refractivity contribution in [2.75, 3.05) is 33.0 Å². The van der Waals surface area contributed by atoms with E-state index in [1.54, 1.807) is 0 Å². The van der Waals surface area contributed by atoms with Gasteiger partial charge in [-0.25, -0.2) is 0 Å². The van der Waals surface area contributed by atoms with Crippen molar-refractivity contribution in [2.24, 2.45) is 0 Å². The van der Waals surface area contributed by atoms with Crippen LogP contribution in [0.1, 0.15) is 245 Å². The van der Waals surface area contributed by atoms with Crippen molar-refractivity contribution < 1.29 is 69.0 Å². The summed E-state index contributed by atoms with van der Waals surface area (Å²) in [5.74, 6) is -0.375. The zero-order chi connectivity index (χ0) is 53.0. The molecule has 0 aromatic rings. The topological polar surface area (TPSA) is 214 Å². The summed E-state index contributed by atoms with van der Waals surface area (Å²) in [7, 11) is 0. The van der Waals surface area contributed by atoms with Gasteiger partial charge in [0.15, 0.2) is 12.6 Å². The fourth-order valence-electron chi connectivity index (χ4n) is 9.61. The van der Waals surface area contributed by atoms with Crippen LogP contribution in [0.3, 0.4) is 0 Å². The van der Waals surface area contributed by atoms with Gasteiger partial charge in [-0.2, -0.15) is 0 Å². The molecule has 0 spiro atoms. The molecular weight excluding hydrogens is 933 g/mol. The highest BCUT2D eigenvalue weighted by Crippen LogP contribution is 2.27. The molecule has 0 saturated carbocycles. The predicted octanol–water partition coefficient (Wildman–Crippen LogP) is 10.8. The third-order valence-corrected chi connectivity index (χ3v) is 14.5. The summed E-state index contributed by atoms with van der Waals surface area (Å²) in [5.41, 5.74) is 0. The number of unbranched alkanes of at least 4 members (excludes halogenated alkanes) is 31. The maximum absolute atomic E-state index is 13.1. The number of allylic oxidation sites excluding steroid dienone is 4. The molecule has 7 N–H and O–H groups in total. The summed E-state index contributed by atoms with van der Waals surface area (Å²) in [6.45, 7) is 3.73. The average Bonchev–Trinajstić information content (AvgIpc) is 3.39. The standard InChI is InChI=1S/C59H110O14/c1-3-5-7-9-11-13-15-17-19-21-23-24-25-26-28-30-32-34-36-38-40-42-51(61)71-48(45-68-43-41-39-37-35-33-31-29-27-22-20-18-16-14-12-10-8-6-4-2)46-69-58-57(67)55(65)53(63)50(73-58)47-70-59-56(66)54(64)52(62)49(44-60)72-59/h15,17,21,23,48-50,52-60,62-67H,3-14,16,18-20,22,24-47H2,1-2H3/b17-15-,23-21-. The lowest BCUT2D eigenvalue weighted by atomic mass is 9.98. The number of esters is 1. The molecule has 14 heteroatoms. The van der Waals surface area contributed by atoms with E-state index in [4.69, 9.17) is 28.4 Å². The van der Waals surface area contributed by atoms with Crippen LogP contribution >= 0.6 is 0 Å². The number of aliphatic hydroxyl groups is 7. The molecule has 11 atom stereocenters. The third kappa shape index (κ3) is 33.4. The van der Waals surface area contributed by atoms with Gasteiger partial charge in [-0.15, -0.1) is 0 Å². The van der Waals surface area contributed by atoms with Crippen molar-refractivity contribution in [1.29, 1.82) is 0 Å². The van der Waals surface area contributed by atoms with Crippen LogP contribution < -0.4 is 0 Å². The number of rotatable bonds is 49. The monoisotopic (exact) mass is 1040 g/mol. The average molecular weight is 1040 g/mol. The van der Waals surface area contributed by atoms with Crippen LogP contribution in [0.4, 0.5) is 0 Å². The molecule has 0 aromatic carbocycles. The maximum atomic E-state index is 13.1. The van der Waals surface area contributed by atoms with Crippen molar-refractivity contribution in [3.05, 3.63) is 24.3 Å². The maximum Gasteiger partial charge on any atom is 0.306 e. The van der Waals surface area contributed by atoms with Gasteiger partial charge < -0.3 is 64.2 Å². The number of carbonyl (C=O) groups excluding carboxylic acids is 1. The Kier molecular flexibility index (Phi) is 43.1. The minimum Gasteiger partial charge on any atom is -0.457 e. The molecule has 2 rings (SSSR count). The van der Waals surface area contributed by atoms with Crippen molar-refractivity contribution in [3.8, 4) is 0 Å². The molecule has 14 nitrogen and oxygen atoms in total. The molecular formula is C59H110O14. The number of hydrogen-bond donors (Lipinski definition) is 7. The Hall–Kier alpha value is -1.53. The van der Waals surface area contributed by atoms with Crippen LogP contribution in [0, 0.1) is 0 Å². The molecule has 2 aliphatic heterocycles. The van der Waals surface area contributed by atoms with E-state index in [0.29, 0.717) is 13.0 Å². The van der Waals surface area contributed by atoms with Gasteiger partial charge in [0.1, 0.15) is 54.9 Å². The first-order valence-corrected chi connectivity index (χ1v) is 29.9. The zero-order valence-electron chi connectivity index (χ0n) is 46.1. The van der Waals surface area contributed by atoms with Crippen LogP contribution in [-0.4, -0.2) is 142 Å². The van der Waals surface area contributed by atoms with Gasteiger partial charge in [0.2, 0.25) is 0 Å². The van der Waals surface area contributed by atoms with E-state index >= 15 is 0 Å². The first-order valence-electron chi connectivity index (χ1n) is 29.9. The van der Waals surface area contributed by atoms with Gasteiger partial charge in [0.05, 0.1) is 26.4 Å². The van der Waals surface area contributed by atoms with Crippen LogP contribution in [0.25, 0.3) is 0 Å². The van der Waals surface area contributed by atoms with Crippen LogP contribution in [0.5, 0.6) is 0 Å². The SMILES string of the molecule is CCCCCCC/C=C\C/C=C\CCCCCCCCCCCC(=O)OC(COCCCCCCCCCCCCCCCCCCCC)COC1OC(COC2OC(CO)C(O)C(O)C2O)C(O)C(O)C1O. The Morgan fingerprint density at radius 1 is 0.452 bits per heavy atom. The molecule has 2 saturated heterocycles. The molecule has 0 amide bonds. The lowest BCUT2D eigenvalue weighted by Gasteiger charge is -2.42. The van der Waals surface area contributed by atoms with E-state index in [1.165, 1.54) is 167 Å². The molecule has 11 unspecified atom stereocenters. The molecule has 2 heterocycles. The molecule has 2 fully saturated rings. The minimum absolute atomic E-state index is 0.0648. The lowest BCUT2D eigenvalue weighted by molar-refractivity contribution is -0.332. The number of ether oxygens (including phenoxy) is 6. The van der Waals surface area contributed by atoms with E-state index in [1.807, 2.05) is 0 Å². The van der Waals surface area contributed by atoms with Crippen molar-refractivity contribution in [2.45, 2.75) is 313 Å². The van der Waals surface area contributed by atoms with Gasteiger partial charge in [0, 0.05) is 13.0 Å². The molecule has 0 radical (unpaired) electrons.